The first-order chi connectivity index (χ1) is 11.0. The second-order valence-corrected chi connectivity index (χ2v) is 3.73. The Hall–Kier alpha value is -2.95. The molecule has 0 unspecified atom stereocenters. The van der Waals surface area contributed by atoms with Crippen molar-refractivity contribution in [2.75, 3.05) is 0 Å². The van der Waals surface area contributed by atoms with Crippen LogP contribution in [-0.4, -0.2) is 23.0 Å². The molecule has 0 aliphatic carbocycles. The van der Waals surface area contributed by atoms with E-state index in [1.165, 1.54) is 30.4 Å². The Labute approximate surface area is 136 Å². The van der Waals surface area contributed by atoms with E-state index in [1.807, 2.05) is 20.8 Å². The van der Waals surface area contributed by atoms with E-state index in [2.05, 4.69) is 4.74 Å². The first-order valence-electron chi connectivity index (χ1n) is 6.84. The van der Waals surface area contributed by atoms with Crippen molar-refractivity contribution in [3.8, 4) is 0 Å². The molecule has 0 fully saturated rings. The molecule has 0 aliphatic rings. The first-order valence-corrected chi connectivity index (χ1v) is 6.84. The molecule has 124 valence electrons. The lowest BCUT2D eigenvalue weighted by Gasteiger charge is -1.92. The first kappa shape index (κ1) is 22.3. The zero-order valence-electron chi connectivity index (χ0n) is 13.5. The minimum atomic E-state index is -0.914. The number of carbonyl (C=O) groups is 3. The highest BCUT2D eigenvalue weighted by Crippen LogP contribution is 1.87. The molecule has 1 N–H and O–H groups in total. The summed E-state index contributed by atoms with van der Waals surface area (Å²) in [5, 5.41) is 8.02. The minimum Gasteiger partial charge on any atom is -0.478 e. The Bertz CT molecular complexity index is 500. The van der Waals surface area contributed by atoms with Crippen molar-refractivity contribution in [3.05, 3.63) is 72.9 Å². The number of carboxylic acids is 1. The lowest BCUT2D eigenvalue weighted by atomic mass is 10.4. The molecular formula is C18H22O5. The molecule has 5 nitrogen and oxygen atoms in total. The number of carbonyl (C=O) groups excluding carboxylic acids is 2. The van der Waals surface area contributed by atoms with Crippen LogP contribution in [0.3, 0.4) is 0 Å². The molecule has 0 spiro atoms. The van der Waals surface area contributed by atoms with Crippen LogP contribution in [0, 0.1) is 0 Å². The Kier molecular flexibility index (Phi) is 16.6. The molecule has 0 atom stereocenters. The van der Waals surface area contributed by atoms with E-state index in [9.17, 15) is 14.4 Å². The molecule has 0 heterocycles. The summed E-state index contributed by atoms with van der Waals surface area (Å²) in [4.78, 5) is 31.6. The molecule has 0 saturated carbocycles. The van der Waals surface area contributed by atoms with Gasteiger partial charge in [-0.3, -0.25) is 0 Å². The van der Waals surface area contributed by atoms with Crippen LogP contribution in [0.4, 0.5) is 0 Å². The summed E-state index contributed by atoms with van der Waals surface area (Å²) in [6.45, 7) is 5.47. The number of esters is 2. The topological polar surface area (TPSA) is 80.7 Å². The van der Waals surface area contributed by atoms with Gasteiger partial charge in [-0.2, -0.15) is 0 Å². The van der Waals surface area contributed by atoms with Crippen molar-refractivity contribution in [3.63, 3.8) is 0 Å². The van der Waals surface area contributed by atoms with Gasteiger partial charge in [-0.15, -0.1) is 0 Å². The van der Waals surface area contributed by atoms with E-state index in [0.717, 1.165) is 6.08 Å². The molecule has 0 bridgehead atoms. The Morgan fingerprint density at radius 2 is 1.00 bits per heavy atom. The summed E-state index contributed by atoms with van der Waals surface area (Å²) in [5.74, 6) is -2.27. The number of ether oxygens (including phenoxy) is 1. The van der Waals surface area contributed by atoms with Gasteiger partial charge in [-0.25, -0.2) is 14.4 Å². The molecule has 5 heteroatoms. The summed E-state index contributed by atoms with van der Waals surface area (Å²) in [5.41, 5.74) is 0. The standard InChI is InChI=1S/C12H14O3.C6H8O2/c1-3-5-7-9-11(13)15-12(14)10-8-6-4-2;1-2-3-4-5-6(7)8/h3-10H,1-2H3;2-5H,1H3,(H,7,8)/b5-3+,6-4+,9-7+,10-8+;3-2+,5-4+. The molecule has 0 aromatic rings. The third kappa shape index (κ3) is 21.5. The number of allylic oxidation sites excluding steroid dienone is 9. The summed E-state index contributed by atoms with van der Waals surface area (Å²) >= 11 is 0. The van der Waals surface area contributed by atoms with E-state index in [-0.39, 0.29) is 0 Å². The predicted molar refractivity (Wildman–Crippen MR) is 90.6 cm³/mol. The van der Waals surface area contributed by atoms with Crippen LogP contribution < -0.4 is 0 Å². The second-order valence-electron chi connectivity index (χ2n) is 3.73. The Morgan fingerprint density at radius 1 is 0.652 bits per heavy atom. The van der Waals surface area contributed by atoms with Crippen LogP contribution in [0.25, 0.3) is 0 Å². The molecule has 0 rings (SSSR count). The third-order valence-corrected chi connectivity index (χ3v) is 1.82. The van der Waals surface area contributed by atoms with Crippen LogP contribution in [-0.2, 0) is 19.1 Å². The van der Waals surface area contributed by atoms with Crippen LogP contribution in [0.2, 0.25) is 0 Å². The zero-order chi connectivity index (χ0) is 17.9. The zero-order valence-corrected chi connectivity index (χ0v) is 13.5. The lowest BCUT2D eigenvalue weighted by molar-refractivity contribution is -0.152. The third-order valence-electron chi connectivity index (χ3n) is 1.82. The highest BCUT2D eigenvalue weighted by atomic mass is 16.6. The van der Waals surface area contributed by atoms with Gasteiger partial charge >= 0.3 is 17.9 Å². The van der Waals surface area contributed by atoms with Crippen molar-refractivity contribution < 1.29 is 24.2 Å². The van der Waals surface area contributed by atoms with Gasteiger partial charge in [0.25, 0.3) is 0 Å². The van der Waals surface area contributed by atoms with Gasteiger partial charge in [0.2, 0.25) is 0 Å². The maximum atomic E-state index is 10.9. The molecule has 0 aliphatic heterocycles. The van der Waals surface area contributed by atoms with Crippen molar-refractivity contribution in [2.45, 2.75) is 20.8 Å². The van der Waals surface area contributed by atoms with Crippen molar-refractivity contribution in [1.29, 1.82) is 0 Å². The molecule has 23 heavy (non-hydrogen) atoms. The van der Waals surface area contributed by atoms with E-state index >= 15 is 0 Å². The SMILES string of the molecule is C/C=C/C=C/C(=O)O.C/C=C/C=C/C(=O)OC(=O)/C=C/C=C/C. The largest absolute Gasteiger partial charge is 0.478 e. The molecular weight excluding hydrogens is 296 g/mol. The van der Waals surface area contributed by atoms with Crippen LogP contribution >= 0.6 is 0 Å². The van der Waals surface area contributed by atoms with Gasteiger partial charge in [0.05, 0.1) is 0 Å². The minimum absolute atomic E-state index is 0.678. The molecule has 0 saturated heterocycles. The van der Waals surface area contributed by atoms with Gasteiger partial charge in [0.1, 0.15) is 0 Å². The molecule has 0 radical (unpaired) electrons. The number of carboxylic acid groups (broad SMARTS) is 1. The van der Waals surface area contributed by atoms with Gasteiger partial charge in [-0.1, -0.05) is 54.7 Å². The predicted octanol–water partition coefficient (Wildman–Crippen LogP) is 3.52. The summed E-state index contributed by atoms with van der Waals surface area (Å²) in [6, 6.07) is 0. The van der Waals surface area contributed by atoms with Crippen LogP contribution in [0.5, 0.6) is 0 Å². The Balaban J connectivity index is 0. The summed E-state index contributed by atoms with van der Waals surface area (Å²) in [6.07, 6.45) is 18.2. The van der Waals surface area contributed by atoms with Gasteiger partial charge in [0.15, 0.2) is 0 Å². The highest BCUT2D eigenvalue weighted by Gasteiger charge is 2.01. The van der Waals surface area contributed by atoms with Crippen LogP contribution in [0.1, 0.15) is 20.8 Å². The number of hydrogen-bond donors (Lipinski definition) is 1. The number of hydrogen-bond acceptors (Lipinski definition) is 4. The van der Waals surface area contributed by atoms with E-state index in [0.29, 0.717) is 0 Å². The highest BCUT2D eigenvalue weighted by molar-refractivity contribution is 5.96. The monoisotopic (exact) mass is 318 g/mol. The fourth-order valence-corrected chi connectivity index (χ4v) is 0.907. The molecule has 0 aromatic carbocycles. The molecule has 0 aromatic heterocycles. The maximum absolute atomic E-state index is 10.9. The molecule has 0 amide bonds. The average molecular weight is 318 g/mol. The average Bonchev–Trinajstić information content (AvgIpc) is 2.48. The van der Waals surface area contributed by atoms with E-state index in [1.54, 1.807) is 36.5 Å². The quantitative estimate of drug-likeness (QED) is 0.351. The van der Waals surface area contributed by atoms with Gasteiger partial charge < -0.3 is 9.84 Å². The van der Waals surface area contributed by atoms with Crippen molar-refractivity contribution in [2.24, 2.45) is 0 Å². The summed E-state index contributed by atoms with van der Waals surface area (Å²) in [7, 11) is 0. The lowest BCUT2D eigenvalue weighted by Crippen LogP contribution is -2.06. The Morgan fingerprint density at radius 3 is 1.30 bits per heavy atom. The summed E-state index contributed by atoms with van der Waals surface area (Å²) < 4.78 is 4.42. The normalized spacial score (nSPS) is 11.8. The maximum Gasteiger partial charge on any atom is 0.338 e. The fraction of sp³-hybridized carbons (Fsp3) is 0.167. The second kappa shape index (κ2) is 17.1. The fourth-order valence-electron chi connectivity index (χ4n) is 0.907. The number of rotatable bonds is 6. The van der Waals surface area contributed by atoms with Gasteiger partial charge in [0, 0.05) is 18.2 Å². The van der Waals surface area contributed by atoms with Gasteiger partial charge in [-0.05, 0) is 20.8 Å². The van der Waals surface area contributed by atoms with Crippen molar-refractivity contribution in [1.82, 2.24) is 0 Å². The smallest absolute Gasteiger partial charge is 0.338 e. The number of aliphatic carboxylic acids is 1. The van der Waals surface area contributed by atoms with Crippen molar-refractivity contribution >= 4 is 17.9 Å². The van der Waals surface area contributed by atoms with E-state index < -0.39 is 17.9 Å². The van der Waals surface area contributed by atoms with Crippen LogP contribution in [0.15, 0.2) is 72.9 Å². The van der Waals surface area contributed by atoms with E-state index in [4.69, 9.17) is 5.11 Å².